The zero-order chi connectivity index (χ0) is 19.8. The van der Waals surface area contributed by atoms with Crippen molar-refractivity contribution >= 4 is 29.1 Å². The summed E-state index contributed by atoms with van der Waals surface area (Å²) in [7, 11) is 0. The van der Waals surface area contributed by atoms with Crippen molar-refractivity contribution in [3.8, 4) is 0 Å². The van der Waals surface area contributed by atoms with Gasteiger partial charge in [-0.25, -0.2) is 23.6 Å². The molecule has 1 N–H and O–H groups in total. The summed E-state index contributed by atoms with van der Waals surface area (Å²) in [6.45, 7) is 3.82. The van der Waals surface area contributed by atoms with Gasteiger partial charge in [0.1, 0.15) is 17.7 Å². The fourth-order valence-corrected chi connectivity index (χ4v) is 3.10. The lowest BCUT2D eigenvalue weighted by Crippen LogP contribution is -2.14. The first-order chi connectivity index (χ1) is 13.4. The summed E-state index contributed by atoms with van der Waals surface area (Å²) < 4.78 is 16.9. The summed E-state index contributed by atoms with van der Waals surface area (Å²) in [5.74, 6) is -0.785. The lowest BCUT2D eigenvalue weighted by atomic mass is 10.2. The predicted octanol–water partition coefficient (Wildman–Crippen LogP) is 3.03. The van der Waals surface area contributed by atoms with Gasteiger partial charge in [0.2, 0.25) is 5.95 Å². The van der Waals surface area contributed by atoms with Crippen LogP contribution in [-0.4, -0.2) is 35.3 Å². The summed E-state index contributed by atoms with van der Waals surface area (Å²) in [4.78, 5) is 21.0. The molecule has 0 saturated heterocycles. The fourth-order valence-electron chi connectivity index (χ4n) is 2.87. The van der Waals surface area contributed by atoms with Crippen LogP contribution in [0.4, 0.5) is 10.3 Å². The van der Waals surface area contributed by atoms with Crippen LogP contribution in [0.25, 0.3) is 5.65 Å². The van der Waals surface area contributed by atoms with Crippen molar-refractivity contribution in [3.05, 3.63) is 70.1 Å². The predicted molar refractivity (Wildman–Crippen MR) is 101 cm³/mol. The molecule has 4 aromatic rings. The highest BCUT2D eigenvalue weighted by Crippen LogP contribution is 2.20. The van der Waals surface area contributed by atoms with E-state index in [1.807, 2.05) is 19.9 Å². The zero-order valence-corrected chi connectivity index (χ0v) is 15.8. The number of nitrogens with zero attached hydrogens (tertiary/aromatic N) is 6. The Morgan fingerprint density at radius 1 is 1.32 bits per heavy atom. The maximum Gasteiger partial charge on any atom is 0.263 e. The van der Waals surface area contributed by atoms with Crippen molar-refractivity contribution in [3.63, 3.8) is 0 Å². The van der Waals surface area contributed by atoms with E-state index < -0.39 is 11.7 Å². The standard InChI is InChI=1S/C18H15ClFN7O/c1-10-6-11(2)27-16(23-10)12(7-22-27)17(28)24-18-21-9-26(25-18)8-13-14(19)4-3-5-15(13)20/h3-7,9H,8H2,1-2H3,(H,24,25,28). The summed E-state index contributed by atoms with van der Waals surface area (Å²) in [6, 6.07) is 6.32. The molecule has 28 heavy (non-hydrogen) atoms. The van der Waals surface area contributed by atoms with Crippen molar-refractivity contribution in [2.45, 2.75) is 20.4 Å². The minimum atomic E-state index is -0.436. The van der Waals surface area contributed by atoms with Crippen molar-refractivity contribution in [1.29, 1.82) is 0 Å². The van der Waals surface area contributed by atoms with E-state index in [1.165, 1.54) is 29.3 Å². The Labute approximate surface area is 164 Å². The number of hydrogen-bond donors (Lipinski definition) is 1. The SMILES string of the molecule is Cc1cc(C)n2ncc(C(=O)Nc3ncn(Cc4c(F)cccc4Cl)n3)c2n1. The lowest BCUT2D eigenvalue weighted by Gasteiger charge is -2.05. The highest BCUT2D eigenvalue weighted by molar-refractivity contribution is 6.31. The number of anilines is 1. The van der Waals surface area contributed by atoms with Gasteiger partial charge in [0.15, 0.2) is 5.65 Å². The molecule has 10 heteroatoms. The second kappa shape index (κ2) is 7.01. The molecule has 8 nitrogen and oxygen atoms in total. The van der Waals surface area contributed by atoms with E-state index in [0.717, 1.165) is 11.4 Å². The Morgan fingerprint density at radius 2 is 2.14 bits per heavy atom. The largest absolute Gasteiger partial charge is 0.289 e. The summed E-state index contributed by atoms with van der Waals surface area (Å²) >= 11 is 6.03. The molecule has 0 atom stereocenters. The van der Waals surface area contributed by atoms with E-state index >= 15 is 0 Å². The Kier molecular flexibility index (Phi) is 4.52. The van der Waals surface area contributed by atoms with Gasteiger partial charge in [-0.1, -0.05) is 17.7 Å². The molecule has 0 spiro atoms. The van der Waals surface area contributed by atoms with Gasteiger partial charge in [-0.3, -0.25) is 10.1 Å². The van der Waals surface area contributed by atoms with E-state index in [4.69, 9.17) is 11.6 Å². The molecular weight excluding hydrogens is 385 g/mol. The first-order valence-electron chi connectivity index (χ1n) is 8.38. The zero-order valence-electron chi connectivity index (χ0n) is 15.0. The van der Waals surface area contributed by atoms with Crippen molar-refractivity contribution in [2.24, 2.45) is 0 Å². The van der Waals surface area contributed by atoms with Crippen LogP contribution in [0.5, 0.6) is 0 Å². The average Bonchev–Trinajstić information content (AvgIpc) is 3.25. The quantitative estimate of drug-likeness (QED) is 0.569. The number of aryl methyl sites for hydroxylation is 2. The normalized spacial score (nSPS) is 11.1. The van der Waals surface area contributed by atoms with E-state index in [2.05, 4.69) is 25.5 Å². The summed E-state index contributed by atoms with van der Waals surface area (Å²) in [5, 5.41) is 11.3. The molecule has 0 aliphatic heterocycles. The topological polar surface area (TPSA) is 90.0 Å². The minimum Gasteiger partial charge on any atom is -0.289 e. The molecule has 1 aromatic carbocycles. The van der Waals surface area contributed by atoms with Crippen LogP contribution >= 0.6 is 11.6 Å². The number of fused-ring (bicyclic) bond motifs is 1. The number of benzene rings is 1. The Hall–Kier alpha value is -3.33. The summed E-state index contributed by atoms with van der Waals surface area (Å²) in [5.41, 5.74) is 2.70. The Bertz CT molecular complexity index is 1180. The first kappa shape index (κ1) is 18.1. The summed E-state index contributed by atoms with van der Waals surface area (Å²) in [6.07, 6.45) is 2.83. The molecule has 0 bridgehead atoms. The molecule has 0 aliphatic rings. The van der Waals surface area contributed by atoms with Crippen molar-refractivity contribution < 1.29 is 9.18 Å². The molecule has 1 amide bonds. The first-order valence-corrected chi connectivity index (χ1v) is 8.76. The van der Waals surface area contributed by atoms with Gasteiger partial charge in [-0.05, 0) is 32.0 Å². The number of carbonyl (C=O) groups is 1. The van der Waals surface area contributed by atoms with Crippen molar-refractivity contribution in [1.82, 2.24) is 29.4 Å². The van der Waals surface area contributed by atoms with Crippen LogP contribution in [0.1, 0.15) is 27.3 Å². The number of aromatic nitrogens is 6. The highest BCUT2D eigenvalue weighted by atomic mass is 35.5. The third-order valence-electron chi connectivity index (χ3n) is 4.17. The third kappa shape index (κ3) is 3.31. The lowest BCUT2D eigenvalue weighted by molar-refractivity contribution is 0.102. The molecular formula is C18H15ClFN7O. The van der Waals surface area contributed by atoms with Crippen LogP contribution in [0.3, 0.4) is 0 Å². The van der Waals surface area contributed by atoms with Gasteiger partial charge in [0, 0.05) is 22.0 Å². The van der Waals surface area contributed by atoms with Crippen LogP contribution < -0.4 is 5.32 Å². The average molecular weight is 400 g/mol. The Morgan fingerprint density at radius 3 is 2.93 bits per heavy atom. The van der Waals surface area contributed by atoms with Crippen LogP contribution in [0.2, 0.25) is 5.02 Å². The van der Waals surface area contributed by atoms with Crippen molar-refractivity contribution in [2.75, 3.05) is 5.32 Å². The maximum atomic E-state index is 13.9. The molecule has 0 unspecified atom stereocenters. The number of amides is 1. The molecule has 0 fully saturated rings. The van der Waals surface area contributed by atoms with E-state index in [-0.39, 0.29) is 12.5 Å². The molecule has 142 valence electrons. The fraction of sp³-hybridized carbons (Fsp3) is 0.167. The van der Waals surface area contributed by atoms with Crippen LogP contribution in [0, 0.1) is 19.7 Å². The number of hydrogen-bond acceptors (Lipinski definition) is 5. The van der Waals surface area contributed by atoms with Gasteiger partial charge in [0.05, 0.1) is 12.7 Å². The molecule has 0 radical (unpaired) electrons. The molecule has 0 aliphatic carbocycles. The monoisotopic (exact) mass is 399 g/mol. The van der Waals surface area contributed by atoms with Gasteiger partial charge in [0.25, 0.3) is 5.91 Å². The number of carbonyl (C=O) groups excluding carboxylic acids is 1. The number of halogens is 2. The van der Waals surface area contributed by atoms with Gasteiger partial charge in [-0.15, -0.1) is 5.10 Å². The second-order valence-electron chi connectivity index (χ2n) is 6.25. The maximum absolute atomic E-state index is 13.9. The minimum absolute atomic E-state index is 0.0844. The second-order valence-corrected chi connectivity index (χ2v) is 6.66. The number of nitrogens with one attached hydrogen (secondary N) is 1. The van der Waals surface area contributed by atoms with Crippen LogP contribution in [0.15, 0.2) is 36.8 Å². The van der Waals surface area contributed by atoms with Crippen LogP contribution in [-0.2, 0) is 6.54 Å². The van der Waals surface area contributed by atoms with Gasteiger partial charge < -0.3 is 0 Å². The molecule has 3 heterocycles. The third-order valence-corrected chi connectivity index (χ3v) is 4.52. The Balaban J connectivity index is 1.55. The smallest absolute Gasteiger partial charge is 0.263 e. The van der Waals surface area contributed by atoms with E-state index in [9.17, 15) is 9.18 Å². The molecule has 0 saturated carbocycles. The number of rotatable bonds is 4. The van der Waals surface area contributed by atoms with Gasteiger partial charge in [-0.2, -0.15) is 5.10 Å². The van der Waals surface area contributed by atoms with E-state index in [1.54, 1.807) is 10.6 Å². The van der Waals surface area contributed by atoms with E-state index in [0.29, 0.717) is 21.8 Å². The molecule has 4 rings (SSSR count). The molecule has 3 aromatic heterocycles. The highest BCUT2D eigenvalue weighted by Gasteiger charge is 2.17. The van der Waals surface area contributed by atoms with Gasteiger partial charge >= 0.3 is 0 Å².